The molecule has 0 bridgehead atoms. The van der Waals surface area contributed by atoms with Crippen molar-refractivity contribution in [2.75, 3.05) is 40.0 Å². The number of carbonyl (C=O) groups excluding carboxylic acids is 3. The van der Waals surface area contributed by atoms with E-state index >= 15 is 0 Å². The third-order valence-corrected chi connectivity index (χ3v) is 4.40. The number of ether oxygens (including phenoxy) is 2. The number of hydrogen-bond donors (Lipinski definition) is 2. The minimum Gasteiger partial charge on any atom is -0.467 e. The fourth-order valence-corrected chi connectivity index (χ4v) is 2.92. The maximum atomic E-state index is 13.2. The first-order valence-electron chi connectivity index (χ1n) is 9.21. The molecule has 2 N–H and O–H groups in total. The van der Waals surface area contributed by atoms with E-state index in [1.54, 1.807) is 0 Å². The molecule has 2 atom stereocenters. The Morgan fingerprint density at radius 3 is 2.34 bits per heavy atom. The number of halogens is 2. The van der Waals surface area contributed by atoms with Gasteiger partial charge < -0.3 is 20.1 Å². The van der Waals surface area contributed by atoms with Gasteiger partial charge in [-0.1, -0.05) is 0 Å². The summed E-state index contributed by atoms with van der Waals surface area (Å²) in [5, 5.41) is 5.02. The minimum absolute atomic E-state index is 0.146. The van der Waals surface area contributed by atoms with Gasteiger partial charge in [-0.25, -0.2) is 13.6 Å². The Morgan fingerprint density at radius 2 is 1.76 bits per heavy atom. The Labute approximate surface area is 167 Å². The zero-order valence-corrected chi connectivity index (χ0v) is 16.4. The van der Waals surface area contributed by atoms with Gasteiger partial charge in [0.1, 0.15) is 23.7 Å². The van der Waals surface area contributed by atoms with E-state index in [-0.39, 0.29) is 18.5 Å². The molecule has 2 amide bonds. The molecule has 2 rings (SSSR count). The number of hydrogen-bond acceptors (Lipinski definition) is 6. The van der Waals surface area contributed by atoms with E-state index < -0.39 is 41.5 Å². The van der Waals surface area contributed by atoms with Crippen LogP contribution in [0.5, 0.6) is 0 Å². The zero-order valence-electron chi connectivity index (χ0n) is 16.4. The topological polar surface area (TPSA) is 97.0 Å². The second-order valence-electron chi connectivity index (χ2n) is 6.74. The van der Waals surface area contributed by atoms with Crippen molar-refractivity contribution in [1.82, 2.24) is 15.5 Å². The van der Waals surface area contributed by atoms with Crippen LogP contribution in [-0.2, 0) is 30.3 Å². The zero-order chi connectivity index (χ0) is 21.4. The van der Waals surface area contributed by atoms with Crippen molar-refractivity contribution in [2.24, 2.45) is 0 Å². The summed E-state index contributed by atoms with van der Waals surface area (Å²) in [5.41, 5.74) is 0.146. The molecule has 1 saturated heterocycles. The number of amides is 2. The second kappa shape index (κ2) is 10.8. The molecule has 1 aromatic rings. The van der Waals surface area contributed by atoms with E-state index in [0.717, 1.165) is 12.1 Å². The van der Waals surface area contributed by atoms with E-state index in [1.807, 2.05) is 4.90 Å². The second-order valence-corrected chi connectivity index (χ2v) is 6.74. The van der Waals surface area contributed by atoms with E-state index in [1.165, 1.54) is 14.0 Å². The molecule has 29 heavy (non-hydrogen) atoms. The number of esters is 1. The number of rotatable bonds is 8. The van der Waals surface area contributed by atoms with Gasteiger partial charge in [-0.15, -0.1) is 0 Å². The summed E-state index contributed by atoms with van der Waals surface area (Å²) in [5.74, 6) is -3.34. The number of nitrogens with one attached hydrogen (secondary N) is 2. The molecule has 1 aliphatic heterocycles. The molecule has 1 aromatic carbocycles. The van der Waals surface area contributed by atoms with Crippen molar-refractivity contribution in [3.05, 3.63) is 35.4 Å². The summed E-state index contributed by atoms with van der Waals surface area (Å²) >= 11 is 0. The van der Waals surface area contributed by atoms with Crippen molar-refractivity contribution < 1.29 is 32.6 Å². The van der Waals surface area contributed by atoms with Crippen LogP contribution in [0.4, 0.5) is 8.78 Å². The predicted octanol–water partition coefficient (Wildman–Crippen LogP) is 0.00200. The van der Waals surface area contributed by atoms with Crippen LogP contribution in [0.3, 0.4) is 0 Å². The van der Waals surface area contributed by atoms with Gasteiger partial charge in [-0.05, 0) is 24.6 Å². The van der Waals surface area contributed by atoms with Crippen molar-refractivity contribution in [1.29, 1.82) is 0 Å². The third-order valence-electron chi connectivity index (χ3n) is 4.40. The van der Waals surface area contributed by atoms with Gasteiger partial charge in [0.05, 0.1) is 26.7 Å². The lowest BCUT2D eigenvalue weighted by Gasteiger charge is -2.30. The molecule has 0 unspecified atom stereocenters. The van der Waals surface area contributed by atoms with Crippen LogP contribution >= 0.6 is 0 Å². The SMILES string of the molecule is COC(=O)[C@H](CN1CCOCC1)NC(=O)[C@H](C)NC(=O)Cc1cc(F)cc(F)c1. The normalized spacial score (nSPS) is 16.6. The molecule has 1 heterocycles. The number of morpholine rings is 1. The van der Waals surface area contributed by atoms with Crippen LogP contribution in [0, 0.1) is 11.6 Å². The molecular weight excluding hydrogens is 388 g/mol. The van der Waals surface area contributed by atoms with Crippen LogP contribution in [-0.4, -0.2) is 74.7 Å². The highest BCUT2D eigenvalue weighted by atomic mass is 19.1. The van der Waals surface area contributed by atoms with Gasteiger partial charge in [0.2, 0.25) is 11.8 Å². The fourth-order valence-electron chi connectivity index (χ4n) is 2.92. The molecule has 0 aliphatic carbocycles. The van der Waals surface area contributed by atoms with Crippen LogP contribution in [0.1, 0.15) is 12.5 Å². The monoisotopic (exact) mass is 413 g/mol. The van der Waals surface area contributed by atoms with Crippen LogP contribution in [0.2, 0.25) is 0 Å². The van der Waals surface area contributed by atoms with Crippen molar-refractivity contribution in [2.45, 2.75) is 25.4 Å². The number of methoxy groups -OCH3 is 1. The average Bonchev–Trinajstić information content (AvgIpc) is 2.66. The first-order chi connectivity index (χ1) is 13.8. The smallest absolute Gasteiger partial charge is 0.329 e. The molecule has 10 heteroatoms. The largest absolute Gasteiger partial charge is 0.467 e. The molecule has 160 valence electrons. The Morgan fingerprint density at radius 1 is 1.14 bits per heavy atom. The molecule has 0 aromatic heterocycles. The first kappa shape index (κ1) is 22.7. The summed E-state index contributed by atoms with van der Waals surface area (Å²) in [6.45, 7) is 4.02. The highest BCUT2D eigenvalue weighted by Gasteiger charge is 2.27. The average molecular weight is 413 g/mol. The Kier molecular flexibility index (Phi) is 8.47. The van der Waals surface area contributed by atoms with Crippen LogP contribution in [0.25, 0.3) is 0 Å². The molecule has 1 aliphatic rings. The molecule has 0 radical (unpaired) electrons. The minimum atomic E-state index is -0.960. The summed E-state index contributed by atoms with van der Waals surface area (Å²) in [6.07, 6.45) is -0.291. The van der Waals surface area contributed by atoms with E-state index in [0.29, 0.717) is 32.4 Å². The van der Waals surface area contributed by atoms with E-state index in [2.05, 4.69) is 10.6 Å². The predicted molar refractivity (Wildman–Crippen MR) is 98.9 cm³/mol. The Hall–Kier alpha value is -2.59. The van der Waals surface area contributed by atoms with Gasteiger partial charge in [0.25, 0.3) is 0 Å². The van der Waals surface area contributed by atoms with Gasteiger partial charge >= 0.3 is 5.97 Å². The number of benzene rings is 1. The highest BCUT2D eigenvalue weighted by molar-refractivity contribution is 5.91. The lowest BCUT2D eigenvalue weighted by molar-refractivity contribution is -0.146. The molecule has 1 fully saturated rings. The lowest BCUT2D eigenvalue weighted by atomic mass is 10.1. The molecule has 0 spiro atoms. The van der Waals surface area contributed by atoms with Crippen molar-refractivity contribution in [3.63, 3.8) is 0 Å². The maximum Gasteiger partial charge on any atom is 0.329 e. The summed E-state index contributed by atoms with van der Waals surface area (Å²) < 4.78 is 36.4. The van der Waals surface area contributed by atoms with Crippen molar-refractivity contribution in [3.8, 4) is 0 Å². The third kappa shape index (κ3) is 7.39. The lowest BCUT2D eigenvalue weighted by Crippen LogP contribution is -2.55. The van der Waals surface area contributed by atoms with E-state index in [4.69, 9.17) is 9.47 Å². The molecular formula is C19H25F2N3O5. The van der Waals surface area contributed by atoms with E-state index in [9.17, 15) is 23.2 Å². The van der Waals surface area contributed by atoms with Crippen molar-refractivity contribution >= 4 is 17.8 Å². The van der Waals surface area contributed by atoms with Crippen LogP contribution < -0.4 is 10.6 Å². The van der Waals surface area contributed by atoms with Gasteiger partial charge in [-0.2, -0.15) is 0 Å². The van der Waals surface area contributed by atoms with Gasteiger partial charge in [0.15, 0.2) is 0 Å². The maximum absolute atomic E-state index is 13.2. The molecule has 0 saturated carbocycles. The quantitative estimate of drug-likeness (QED) is 0.583. The summed E-state index contributed by atoms with van der Waals surface area (Å²) in [4.78, 5) is 38.5. The van der Waals surface area contributed by atoms with Gasteiger partial charge in [-0.3, -0.25) is 14.5 Å². The van der Waals surface area contributed by atoms with Gasteiger partial charge in [0, 0.05) is 25.7 Å². The summed E-state index contributed by atoms with van der Waals surface area (Å²) in [7, 11) is 1.23. The fraction of sp³-hybridized carbons (Fsp3) is 0.526. The molecule has 8 nitrogen and oxygen atoms in total. The summed E-state index contributed by atoms with van der Waals surface area (Å²) in [6, 6.07) is 0.935. The number of carbonyl (C=O) groups is 3. The Balaban J connectivity index is 1.90. The van der Waals surface area contributed by atoms with Crippen LogP contribution in [0.15, 0.2) is 18.2 Å². The Bertz CT molecular complexity index is 720. The highest BCUT2D eigenvalue weighted by Crippen LogP contribution is 2.08. The standard InChI is InChI=1S/C19H25F2N3O5/c1-12(22-17(25)9-13-7-14(20)10-15(21)8-13)18(26)23-16(19(27)28-2)11-24-3-5-29-6-4-24/h7-8,10,12,16H,3-6,9,11H2,1-2H3,(H,22,25)(H,23,26)/t12-,16-/m0/s1. The first-order valence-corrected chi connectivity index (χ1v) is 9.21. The number of nitrogens with zero attached hydrogens (tertiary/aromatic N) is 1.